The van der Waals surface area contributed by atoms with Gasteiger partial charge in [0, 0.05) is 36.5 Å². The van der Waals surface area contributed by atoms with Crippen molar-refractivity contribution >= 4 is 5.91 Å². The SMILES string of the molecule is O=C(c1ccnc(-c2cc(-c3ccccc3)no2)c1)N1CCCCC1. The first-order valence-electron chi connectivity index (χ1n) is 8.59. The van der Waals surface area contributed by atoms with Gasteiger partial charge < -0.3 is 9.42 Å². The highest BCUT2D eigenvalue weighted by Gasteiger charge is 2.19. The fourth-order valence-corrected chi connectivity index (χ4v) is 3.12. The van der Waals surface area contributed by atoms with Crippen LogP contribution in [0.2, 0.25) is 0 Å². The molecular formula is C20H19N3O2. The Morgan fingerprint density at radius 1 is 0.960 bits per heavy atom. The van der Waals surface area contributed by atoms with E-state index in [0.717, 1.165) is 37.2 Å². The van der Waals surface area contributed by atoms with Crippen molar-refractivity contribution in [3.8, 4) is 22.7 Å². The van der Waals surface area contributed by atoms with E-state index >= 15 is 0 Å². The molecule has 1 aliphatic heterocycles. The number of hydrogen-bond acceptors (Lipinski definition) is 4. The molecule has 0 unspecified atom stereocenters. The van der Waals surface area contributed by atoms with Gasteiger partial charge in [-0.15, -0.1) is 0 Å². The summed E-state index contributed by atoms with van der Waals surface area (Å²) in [5, 5.41) is 4.12. The molecule has 1 fully saturated rings. The third kappa shape index (κ3) is 3.31. The molecule has 4 rings (SSSR count). The van der Waals surface area contributed by atoms with E-state index in [-0.39, 0.29) is 5.91 Å². The van der Waals surface area contributed by atoms with E-state index in [2.05, 4.69) is 10.1 Å². The minimum atomic E-state index is 0.0612. The van der Waals surface area contributed by atoms with E-state index in [1.54, 1.807) is 18.3 Å². The predicted octanol–water partition coefficient (Wildman–Crippen LogP) is 4.03. The molecule has 1 amide bonds. The molecule has 5 heteroatoms. The molecule has 0 bridgehead atoms. The highest BCUT2D eigenvalue weighted by Crippen LogP contribution is 2.25. The molecule has 3 heterocycles. The first-order valence-corrected chi connectivity index (χ1v) is 8.59. The van der Waals surface area contributed by atoms with E-state index < -0.39 is 0 Å². The number of hydrogen-bond donors (Lipinski definition) is 0. The average molecular weight is 333 g/mol. The maximum Gasteiger partial charge on any atom is 0.253 e. The van der Waals surface area contributed by atoms with E-state index in [0.29, 0.717) is 17.0 Å². The van der Waals surface area contributed by atoms with Crippen LogP contribution in [0.1, 0.15) is 29.6 Å². The maximum atomic E-state index is 12.7. The maximum absolute atomic E-state index is 12.7. The molecule has 0 spiro atoms. The zero-order chi connectivity index (χ0) is 17.1. The molecular weight excluding hydrogens is 314 g/mol. The second kappa shape index (κ2) is 6.89. The Labute approximate surface area is 146 Å². The van der Waals surface area contributed by atoms with Crippen LogP contribution in [-0.4, -0.2) is 34.0 Å². The highest BCUT2D eigenvalue weighted by atomic mass is 16.5. The van der Waals surface area contributed by atoms with Gasteiger partial charge in [-0.1, -0.05) is 35.5 Å². The number of aromatic nitrogens is 2. The van der Waals surface area contributed by atoms with Crippen LogP contribution >= 0.6 is 0 Å². The van der Waals surface area contributed by atoms with Crippen molar-refractivity contribution in [3.05, 3.63) is 60.3 Å². The van der Waals surface area contributed by atoms with Crippen molar-refractivity contribution in [3.63, 3.8) is 0 Å². The van der Waals surface area contributed by atoms with Gasteiger partial charge in [0.25, 0.3) is 5.91 Å². The number of amides is 1. The third-order valence-corrected chi connectivity index (χ3v) is 4.48. The second-order valence-electron chi connectivity index (χ2n) is 6.23. The van der Waals surface area contributed by atoms with E-state index in [4.69, 9.17) is 4.52 Å². The van der Waals surface area contributed by atoms with Crippen LogP contribution in [-0.2, 0) is 0 Å². The summed E-state index contributed by atoms with van der Waals surface area (Å²) in [5.41, 5.74) is 3.00. The monoisotopic (exact) mass is 333 g/mol. The summed E-state index contributed by atoms with van der Waals surface area (Å²) in [4.78, 5) is 18.9. The van der Waals surface area contributed by atoms with E-state index in [9.17, 15) is 4.79 Å². The van der Waals surface area contributed by atoms with Crippen molar-refractivity contribution in [2.45, 2.75) is 19.3 Å². The lowest BCUT2D eigenvalue weighted by Gasteiger charge is -2.26. The summed E-state index contributed by atoms with van der Waals surface area (Å²) in [6.07, 6.45) is 5.00. The lowest BCUT2D eigenvalue weighted by atomic mass is 10.1. The summed E-state index contributed by atoms with van der Waals surface area (Å²) in [6, 6.07) is 15.2. The molecule has 0 radical (unpaired) electrons. The summed E-state index contributed by atoms with van der Waals surface area (Å²) in [5.74, 6) is 0.623. The number of rotatable bonds is 3. The van der Waals surface area contributed by atoms with Crippen LogP contribution in [0, 0.1) is 0 Å². The molecule has 2 aromatic heterocycles. The largest absolute Gasteiger partial charge is 0.354 e. The van der Waals surface area contributed by atoms with Crippen LogP contribution < -0.4 is 0 Å². The predicted molar refractivity (Wildman–Crippen MR) is 94.9 cm³/mol. The van der Waals surface area contributed by atoms with Crippen LogP contribution in [0.4, 0.5) is 0 Å². The minimum absolute atomic E-state index is 0.0612. The lowest BCUT2D eigenvalue weighted by molar-refractivity contribution is 0.0724. The van der Waals surface area contributed by atoms with Gasteiger partial charge in [0.1, 0.15) is 11.4 Å². The number of pyridine rings is 1. The van der Waals surface area contributed by atoms with Crippen LogP contribution in [0.15, 0.2) is 59.3 Å². The molecule has 0 aliphatic carbocycles. The van der Waals surface area contributed by atoms with Gasteiger partial charge >= 0.3 is 0 Å². The van der Waals surface area contributed by atoms with Crippen molar-refractivity contribution in [1.82, 2.24) is 15.0 Å². The van der Waals surface area contributed by atoms with Crippen LogP contribution in [0.25, 0.3) is 22.7 Å². The average Bonchev–Trinajstić information content (AvgIpc) is 3.19. The molecule has 25 heavy (non-hydrogen) atoms. The number of carbonyl (C=O) groups excluding carboxylic acids is 1. The molecule has 5 nitrogen and oxygen atoms in total. The molecule has 3 aromatic rings. The molecule has 0 atom stereocenters. The van der Waals surface area contributed by atoms with Crippen molar-refractivity contribution in [2.24, 2.45) is 0 Å². The summed E-state index contributed by atoms with van der Waals surface area (Å²) in [6.45, 7) is 1.66. The number of nitrogens with zero attached hydrogens (tertiary/aromatic N) is 3. The first-order chi connectivity index (χ1) is 12.3. The summed E-state index contributed by atoms with van der Waals surface area (Å²) in [7, 11) is 0. The first kappa shape index (κ1) is 15.6. The third-order valence-electron chi connectivity index (χ3n) is 4.48. The summed E-state index contributed by atoms with van der Waals surface area (Å²) < 4.78 is 5.45. The van der Waals surface area contributed by atoms with Gasteiger partial charge in [0.15, 0.2) is 5.76 Å². The zero-order valence-corrected chi connectivity index (χ0v) is 13.9. The van der Waals surface area contributed by atoms with Gasteiger partial charge in [-0.3, -0.25) is 9.78 Å². The smallest absolute Gasteiger partial charge is 0.253 e. The van der Waals surface area contributed by atoms with Crippen molar-refractivity contribution < 1.29 is 9.32 Å². The Morgan fingerprint density at radius 2 is 1.76 bits per heavy atom. The lowest BCUT2D eigenvalue weighted by Crippen LogP contribution is -2.35. The topological polar surface area (TPSA) is 59.2 Å². The Morgan fingerprint density at radius 3 is 2.56 bits per heavy atom. The Balaban J connectivity index is 1.59. The Bertz CT molecular complexity index is 867. The van der Waals surface area contributed by atoms with Gasteiger partial charge in [-0.2, -0.15) is 0 Å². The fraction of sp³-hybridized carbons (Fsp3) is 0.250. The van der Waals surface area contributed by atoms with Crippen molar-refractivity contribution in [1.29, 1.82) is 0 Å². The number of benzene rings is 1. The van der Waals surface area contributed by atoms with E-state index in [1.165, 1.54) is 6.42 Å². The van der Waals surface area contributed by atoms with Crippen LogP contribution in [0.3, 0.4) is 0 Å². The molecule has 1 aliphatic rings. The zero-order valence-electron chi connectivity index (χ0n) is 13.9. The summed E-state index contributed by atoms with van der Waals surface area (Å²) >= 11 is 0. The molecule has 1 aromatic carbocycles. The van der Waals surface area contributed by atoms with E-state index in [1.807, 2.05) is 41.3 Å². The normalized spacial score (nSPS) is 14.5. The Kier molecular flexibility index (Phi) is 4.29. The van der Waals surface area contributed by atoms with Gasteiger partial charge in [-0.25, -0.2) is 0 Å². The van der Waals surface area contributed by atoms with Gasteiger partial charge in [0.2, 0.25) is 0 Å². The highest BCUT2D eigenvalue weighted by molar-refractivity contribution is 5.95. The number of carbonyl (C=O) groups is 1. The van der Waals surface area contributed by atoms with Crippen LogP contribution in [0.5, 0.6) is 0 Å². The van der Waals surface area contributed by atoms with Crippen molar-refractivity contribution in [2.75, 3.05) is 13.1 Å². The molecule has 0 N–H and O–H groups in total. The van der Waals surface area contributed by atoms with Gasteiger partial charge in [-0.05, 0) is 31.4 Å². The quantitative estimate of drug-likeness (QED) is 0.726. The Hall–Kier alpha value is -2.95. The second-order valence-corrected chi connectivity index (χ2v) is 6.23. The fourth-order valence-electron chi connectivity index (χ4n) is 3.12. The van der Waals surface area contributed by atoms with Gasteiger partial charge in [0.05, 0.1) is 0 Å². The molecule has 126 valence electrons. The number of likely N-dealkylation sites (tertiary alicyclic amines) is 1. The molecule has 0 saturated carbocycles. The molecule has 1 saturated heterocycles. The standard InChI is InChI=1S/C20H19N3O2/c24-20(23-11-5-2-6-12-23)16-9-10-21-18(13-16)19-14-17(22-25-19)15-7-3-1-4-8-15/h1,3-4,7-10,13-14H,2,5-6,11-12H2. The minimum Gasteiger partial charge on any atom is -0.354 e. The number of piperidine rings is 1.